The lowest BCUT2D eigenvalue weighted by molar-refractivity contribution is -0.888. The molecule has 0 saturated carbocycles. The molecule has 0 saturated heterocycles. The van der Waals surface area contributed by atoms with Crippen LogP contribution in [0.4, 0.5) is 0 Å². The lowest BCUT2D eigenvalue weighted by Crippen LogP contribution is -3.10. The van der Waals surface area contributed by atoms with E-state index >= 15 is 0 Å². The maximum atomic E-state index is 9.94. The van der Waals surface area contributed by atoms with Crippen LogP contribution < -0.4 is 4.90 Å². The summed E-state index contributed by atoms with van der Waals surface area (Å²) in [6, 6.07) is 10.0. The van der Waals surface area contributed by atoms with E-state index in [2.05, 4.69) is 14.1 Å². The monoisotopic (exact) mass is 180 g/mol. The zero-order valence-corrected chi connectivity index (χ0v) is 8.49. The first-order valence-electron chi connectivity index (χ1n) is 4.66. The van der Waals surface area contributed by atoms with Gasteiger partial charge in [-0.3, -0.25) is 0 Å². The molecule has 0 aliphatic rings. The second-order valence-electron chi connectivity index (χ2n) is 3.72. The Morgan fingerprint density at radius 3 is 2.15 bits per heavy atom. The van der Waals surface area contributed by atoms with E-state index in [0.717, 1.165) is 5.56 Å². The number of likely N-dealkylation sites (N-methyl/N-ethyl adjacent to an activating group) is 1. The molecule has 2 heteroatoms. The van der Waals surface area contributed by atoms with Gasteiger partial charge in [0.2, 0.25) is 0 Å². The summed E-state index contributed by atoms with van der Waals surface area (Å²) in [6.07, 6.45) is -0.369. The Hall–Kier alpha value is -0.860. The lowest BCUT2D eigenvalue weighted by atomic mass is 10.0. The van der Waals surface area contributed by atoms with Crippen LogP contribution in [-0.2, 0) is 0 Å². The molecule has 0 bridgehead atoms. The summed E-state index contributed by atoms with van der Waals surface area (Å²) >= 11 is 0. The SMILES string of the molecule is CC(C(O)c1ccccc1)[NH+](C)C. The van der Waals surface area contributed by atoms with E-state index in [4.69, 9.17) is 0 Å². The topological polar surface area (TPSA) is 24.7 Å². The first-order chi connectivity index (χ1) is 6.13. The molecule has 0 aliphatic carbocycles. The van der Waals surface area contributed by atoms with Crippen molar-refractivity contribution in [1.29, 1.82) is 0 Å². The van der Waals surface area contributed by atoms with Gasteiger partial charge in [0.05, 0.1) is 14.1 Å². The molecule has 2 unspecified atom stereocenters. The molecule has 2 nitrogen and oxygen atoms in total. The summed E-state index contributed by atoms with van der Waals surface area (Å²) in [5.41, 5.74) is 0.996. The molecule has 13 heavy (non-hydrogen) atoms. The molecular weight excluding hydrogens is 162 g/mol. The Morgan fingerprint density at radius 2 is 1.69 bits per heavy atom. The number of aliphatic hydroxyl groups excluding tert-OH is 1. The summed E-state index contributed by atoms with van der Waals surface area (Å²) in [5.74, 6) is 0. The van der Waals surface area contributed by atoms with Gasteiger partial charge in [-0.25, -0.2) is 0 Å². The second-order valence-corrected chi connectivity index (χ2v) is 3.72. The second kappa shape index (κ2) is 4.40. The average molecular weight is 180 g/mol. The highest BCUT2D eigenvalue weighted by Gasteiger charge is 2.20. The predicted molar refractivity (Wildman–Crippen MR) is 53.7 cm³/mol. The van der Waals surface area contributed by atoms with Crippen LogP contribution in [0.5, 0.6) is 0 Å². The minimum atomic E-state index is -0.369. The minimum Gasteiger partial charge on any atom is -0.382 e. The van der Waals surface area contributed by atoms with Crippen LogP contribution in [0.15, 0.2) is 30.3 Å². The molecule has 0 aromatic heterocycles. The molecular formula is C11H18NO+. The molecule has 0 heterocycles. The van der Waals surface area contributed by atoms with Gasteiger partial charge in [-0.15, -0.1) is 0 Å². The van der Waals surface area contributed by atoms with Crippen molar-refractivity contribution in [3.63, 3.8) is 0 Å². The first-order valence-corrected chi connectivity index (χ1v) is 4.66. The molecule has 1 aromatic carbocycles. The number of quaternary nitrogens is 1. The molecule has 0 amide bonds. The van der Waals surface area contributed by atoms with Crippen molar-refractivity contribution in [2.75, 3.05) is 14.1 Å². The van der Waals surface area contributed by atoms with Crippen molar-refractivity contribution in [3.05, 3.63) is 35.9 Å². The van der Waals surface area contributed by atoms with Crippen LogP contribution in [-0.4, -0.2) is 25.2 Å². The zero-order valence-electron chi connectivity index (χ0n) is 8.49. The third-order valence-electron chi connectivity index (χ3n) is 2.53. The summed E-state index contributed by atoms with van der Waals surface area (Å²) in [4.78, 5) is 1.26. The van der Waals surface area contributed by atoms with Crippen LogP contribution >= 0.6 is 0 Å². The number of hydrogen-bond acceptors (Lipinski definition) is 1. The maximum absolute atomic E-state index is 9.94. The van der Waals surface area contributed by atoms with E-state index in [1.807, 2.05) is 37.3 Å². The lowest BCUT2D eigenvalue weighted by Gasteiger charge is -2.22. The van der Waals surface area contributed by atoms with Gasteiger partial charge in [0.25, 0.3) is 0 Å². The van der Waals surface area contributed by atoms with Crippen LogP contribution in [0.25, 0.3) is 0 Å². The van der Waals surface area contributed by atoms with E-state index in [9.17, 15) is 5.11 Å². The van der Waals surface area contributed by atoms with Gasteiger partial charge in [0.15, 0.2) is 0 Å². The number of hydrogen-bond donors (Lipinski definition) is 2. The van der Waals surface area contributed by atoms with Crippen LogP contribution in [0.2, 0.25) is 0 Å². The highest BCUT2D eigenvalue weighted by Crippen LogP contribution is 2.13. The number of rotatable bonds is 3. The molecule has 1 rings (SSSR count). The fraction of sp³-hybridized carbons (Fsp3) is 0.455. The van der Waals surface area contributed by atoms with Gasteiger partial charge in [0, 0.05) is 0 Å². The van der Waals surface area contributed by atoms with Gasteiger partial charge < -0.3 is 10.0 Å². The highest BCUT2D eigenvalue weighted by atomic mass is 16.3. The van der Waals surface area contributed by atoms with E-state index < -0.39 is 0 Å². The summed E-state index contributed by atoms with van der Waals surface area (Å²) in [6.45, 7) is 2.05. The maximum Gasteiger partial charge on any atom is 0.130 e. The Labute approximate surface area is 79.8 Å². The first kappa shape index (κ1) is 10.2. The number of benzene rings is 1. The van der Waals surface area contributed by atoms with Gasteiger partial charge in [0.1, 0.15) is 12.1 Å². The van der Waals surface area contributed by atoms with E-state index in [-0.39, 0.29) is 12.1 Å². The normalized spacial score (nSPS) is 15.8. The predicted octanol–water partition coefficient (Wildman–Crippen LogP) is 0.253. The van der Waals surface area contributed by atoms with E-state index in [1.54, 1.807) is 0 Å². The fourth-order valence-electron chi connectivity index (χ4n) is 1.25. The van der Waals surface area contributed by atoms with Gasteiger partial charge in [-0.2, -0.15) is 0 Å². The molecule has 0 aliphatic heterocycles. The zero-order chi connectivity index (χ0) is 9.84. The Kier molecular flexibility index (Phi) is 3.46. The van der Waals surface area contributed by atoms with Crippen molar-refractivity contribution < 1.29 is 10.0 Å². The molecule has 0 fully saturated rings. The van der Waals surface area contributed by atoms with E-state index in [1.165, 1.54) is 4.90 Å². The van der Waals surface area contributed by atoms with Crippen LogP contribution in [0, 0.1) is 0 Å². The van der Waals surface area contributed by atoms with Crippen molar-refractivity contribution in [2.24, 2.45) is 0 Å². The van der Waals surface area contributed by atoms with Gasteiger partial charge >= 0.3 is 0 Å². The number of nitrogens with one attached hydrogen (secondary N) is 1. The molecule has 72 valence electrons. The molecule has 0 spiro atoms. The van der Waals surface area contributed by atoms with Gasteiger partial charge in [-0.1, -0.05) is 30.3 Å². The van der Waals surface area contributed by atoms with Crippen molar-refractivity contribution in [2.45, 2.75) is 19.1 Å². The molecule has 2 atom stereocenters. The Balaban J connectivity index is 2.73. The third kappa shape index (κ3) is 2.54. The largest absolute Gasteiger partial charge is 0.382 e. The summed E-state index contributed by atoms with van der Waals surface area (Å²) in [7, 11) is 4.10. The Morgan fingerprint density at radius 1 is 1.15 bits per heavy atom. The minimum absolute atomic E-state index is 0.224. The standard InChI is InChI=1S/C11H17NO/c1-9(12(2)3)11(13)10-7-5-4-6-8-10/h4-9,11,13H,1-3H3/p+1. The number of aliphatic hydroxyl groups is 1. The molecule has 0 radical (unpaired) electrons. The molecule has 2 N–H and O–H groups in total. The smallest absolute Gasteiger partial charge is 0.130 e. The highest BCUT2D eigenvalue weighted by molar-refractivity contribution is 5.17. The third-order valence-corrected chi connectivity index (χ3v) is 2.53. The fourth-order valence-corrected chi connectivity index (χ4v) is 1.25. The van der Waals surface area contributed by atoms with Crippen molar-refractivity contribution >= 4 is 0 Å². The quantitative estimate of drug-likeness (QED) is 0.685. The van der Waals surface area contributed by atoms with Crippen molar-refractivity contribution in [1.82, 2.24) is 0 Å². The van der Waals surface area contributed by atoms with Crippen LogP contribution in [0.1, 0.15) is 18.6 Å². The molecule has 1 aromatic rings. The summed E-state index contributed by atoms with van der Waals surface area (Å²) in [5, 5.41) is 9.94. The summed E-state index contributed by atoms with van der Waals surface area (Å²) < 4.78 is 0. The van der Waals surface area contributed by atoms with Crippen molar-refractivity contribution in [3.8, 4) is 0 Å². The van der Waals surface area contributed by atoms with Crippen LogP contribution in [0.3, 0.4) is 0 Å². The average Bonchev–Trinajstić information content (AvgIpc) is 2.17. The Bertz CT molecular complexity index is 246. The van der Waals surface area contributed by atoms with E-state index in [0.29, 0.717) is 0 Å². The van der Waals surface area contributed by atoms with Gasteiger partial charge in [-0.05, 0) is 12.5 Å².